The average molecular weight is 571 g/mol. The van der Waals surface area contributed by atoms with Crippen molar-refractivity contribution in [3.05, 3.63) is 77.5 Å². The zero-order valence-corrected chi connectivity index (χ0v) is 23.6. The first-order chi connectivity index (χ1) is 20.0. The van der Waals surface area contributed by atoms with Crippen LogP contribution in [0.2, 0.25) is 5.02 Å². The number of anilines is 3. The lowest BCUT2D eigenvalue weighted by atomic mass is 10.1. The molecule has 12 heteroatoms. The van der Waals surface area contributed by atoms with Gasteiger partial charge < -0.3 is 29.2 Å². The van der Waals surface area contributed by atoms with Crippen LogP contribution in [0.3, 0.4) is 0 Å². The van der Waals surface area contributed by atoms with Gasteiger partial charge in [0.1, 0.15) is 18.0 Å². The van der Waals surface area contributed by atoms with Gasteiger partial charge >= 0.3 is 0 Å². The number of rotatable bonds is 8. The van der Waals surface area contributed by atoms with Gasteiger partial charge in [0.15, 0.2) is 5.65 Å². The highest BCUT2D eigenvalue weighted by Gasteiger charge is 2.27. The Morgan fingerprint density at radius 2 is 1.85 bits per heavy atom. The van der Waals surface area contributed by atoms with Crippen molar-refractivity contribution in [2.75, 3.05) is 48.8 Å². The molecule has 41 heavy (non-hydrogen) atoms. The van der Waals surface area contributed by atoms with E-state index in [4.69, 9.17) is 16.6 Å². The minimum Gasteiger partial charge on any atom is -0.366 e. The van der Waals surface area contributed by atoms with Crippen molar-refractivity contribution in [1.82, 2.24) is 33.6 Å². The normalized spacial score (nSPS) is 16.0. The van der Waals surface area contributed by atoms with Crippen molar-refractivity contribution in [3.63, 3.8) is 0 Å². The van der Waals surface area contributed by atoms with Crippen LogP contribution in [0.4, 0.5) is 17.3 Å². The minimum absolute atomic E-state index is 0.101. The second-order valence-corrected chi connectivity index (χ2v) is 11.3. The average Bonchev–Trinajstić information content (AvgIpc) is 3.63. The largest absolute Gasteiger partial charge is 0.366 e. The maximum Gasteiger partial charge on any atom is 0.231 e. The summed E-state index contributed by atoms with van der Waals surface area (Å²) in [5.41, 5.74) is 5.96. The number of carbonyl (C=O) groups excluding carboxylic acids is 1. The summed E-state index contributed by atoms with van der Waals surface area (Å²) in [6.07, 6.45) is 11.9. The van der Waals surface area contributed by atoms with Crippen LogP contribution >= 0.6 is 11.6 Å². The number of hydrogen-bond acceptors (Lipinski definition) is 8. The molecule has 1 aliphatic carbocycles. The first-order valence-corrected chi connectivity index (χ1v) is 14.3. The van der Waals surface area contributed by atoms with Crippen LogP contribution in [0, 0.1) is 0 Å². The van der Waals surface area contributed by atoms with E-state index in [0.717, 1.165) is 43.0 Å². The highest BCUT2D eigenvalue weighted by Crippen LogP contribution is 2.42. The highest BCUT2D eigenvalue weighted by molar-refractivity contribution is 6.30. The number of halogens is 1. The molecule has 2 aliphatic rings. The Balaban J connectivity index is 1.04. The van der Waals surface area contributed by atoms with Gasteiger partial charge in [-0.1, -0.05) is 11.6 Å². The predicted molar refractivity (Wildman–Crippen MR) is 159 cm³/mol. The number of fused-ring (bicyclic) bond motifs is 2. The molecule has 0 radical (unpaired) electrons. The summed E-state index contributed by atoms with van der Waals surface area (Å²) in [6, 6.07) is 7.64. The topological polar surface area (TPSA) is 108 Å². The van der Waals surface area contributed by atoms with Gasteiger partial charge in [0.05, 0.1) is 41.9 Å². The van der Waals surface area contributed by atoms with Crippen molar-refractivity contribution in [1.29, 1.82) is 0 Å². The summed E-state index contributed by atoms with van der Waals surface area (Å²) in [5, 5.41) is 6.78. The predicted octanol–water partition coefficient (Wildman–Crippen LogP) is 3.85. The molecule has 0 atom stereocenters. The third-order valence-corrected chi connectivity index (χ3v) is 8.02. The second-order valence-electron chi connectivity index (χ2n) is 10.9. The highest BCUT2D eigenvalue weighted by atomic mass is 35.5. The SMILES string of the molecule is CN1CCN(c2cc(C3CC3)cn3cc(CNc4cc(NC(=O)Cc5ncn6ccc(Cl)cc56)ncn4)nc23)CC1. The second kappa shape index (κ2) is 10.6. The molecule has 5 aromatic rings. The summed E-state index contributed by atoms with van der Waals surface area (Å²) in [4.78, 5) is 35.5. The Morgan fingerprint density at radius 3 is 2.68 bits per heavy atom. The number of imidazole rings is 2. The maximum absolute atomic E-state index is 12.8. The van der Waals surface area contributed by atoms with E-state index in [0.29, 0.717) is 34.8 Å². The van der Waals surface area contributed by atoms with E-state index < -0.39 is 0 Å². The van der Waals surface area contributed by atoms with Gasteiger partial charge in [0.2, 0.25) is 5.91 Å². The van der Waals surface area contributed by atoms with Crippen molar-refractivity contribution in [2.45, 2.75) is 31.7 Å². The summed E-state index contributed by atoms with van der Waals surface area (Å²) < 4.78 is 4.01. The number of nitrogens with zero attached hydrogens (tertiary/aromatic N) is 8. The van der Waals surface area contributed by atoms with Crippen molar-refractivity contribution >= 4 is 46.0 Å². The zero-order valence-electron chi connectivity index (χ0n) is 22.8. The standard InChI is InChI=1S/C29H31ClN10O/c1-37-6-8-38(9-7-37)25-10-20(19-2-3-19)15-40-16-22(35-29(25)40)14-31-26-13-27(33-17-32-26)36-28(41)12-23-24-11-21(30)4-5-39(24)18-34-23/h4-5,10-11,13,15-19H,2-3,6-9,12,14H2,1H3,(H2,31,32,33,36,41). The fourth-order valence-corrected chi connectivity index (χ4v) is 5.51. The smallest absolute Gasteiger partial charge is 0.231 e. The summed E-state index contributed by atoms with van der Waals surface area (Å²) in [6.45, 7) is 4.60. The van der Waals surface area contributed by atoms with Gasteiger partial charge in [-0.2, -0.15) is 0 Å². The Bertz CT molecular complexity index is 1730. The van der Waals surface area contributed by atoms with Crippen molar-refractivity contribution in [2.24, 2.45) is 0 Å². The lowest BCUT2D eigenvalue weighted by Crippen LogP contribution is -2.44. The van der Waals surface area contributed by atoms with Gasteiger partial charge in [-0.15, -0.1) is 0 Å². The van der Waals surface area contributed by atoms with Crippen LogP contribution in [-0.4, -0.2) is 72.8 Å². The molecule has 1 amide bonds. The molecule has 1 saturated heterocycles. The van der Waals surface area contributed by atoms with E-state index in [-0.39, 0.29) is 12.3 Å². The number of carbonyl (C=O) groups is 1. The van der Waals surface area contributed by atoms with Gasteiger partial charge in [0.25, 0.3) is 0 Å². The van der Waals surface area contributed by atoms with Crippen LogP contribution in [0.25, 0.3) is 11.2 Å². The van der Waals surface area contributed by atoms with Gasteiger partial charge in [-0.3, -0.25) is 4.79 Å². The Labute approximate surface area is 242 Å². The molecule has 2 fully saturated rings. The summed E-state index contributed by atoms with van der Waals surface area (Å²) in [7, 11) is 2.18. The molecule has 0 bridgehead atoms. The molecular weight excluding hydrogens is 540 g/mol. The third-order valence-electron chi connectivity index (χ3n) is 7.79. The van der Waals surface area contributed by atoms with E-state index in [1.165, 1.54) is 30.4 Å². The van der Waals surface area contributed by atoms with Gasteiger partial charge in [0, 0.05) is 55.9 Å². The van der Waals surface area contributed by atoms with Crippen LogP contribution in [0.15, 0.2) is 55.5 Å². The number of hydrogen-bond donors (Lipinski definition) is 2. The third kappa shape index (κ3) is 5.55. The van der Waals surface area contributed by atoms with E-state index >= 15 is 0 Å². The lowest BCUT2D eigenvalue weighted by Gasteiger charge is -2.34. The maximum atomic E-state index is 12.8. The molecule has 2 N–H and O–H groups in total. The quantitative estimate of drug-likeness (QED) is 0.290. The molecule has 7 rings (SSSR count). The first kappa shape index (κ1) is 25.7. The molecular formula is C29H31ClN10O. The molecule has 0 spiro atoms. The Kier molecular flexibility index (Phi) is 6.68. The monoisotopic (exact) mass is 570 g/mol. The van der Waals surface area contributed by atoms with E-state index in [2.05, 4.69) is 65.3 Å². The number of pyridine rings is 2. The lowest BCUT2D eigenvalue weighted by molar-refractivity contribution is -0.115. The summed E-state index contributed by atoms with van der Waals surface area (Å²) >= 11 is 6.12. The molecule has 210 valence electrons. The molecule has 5 aromatic heterocycles. The first-order valence-electron chi connectivity index (χ1n) is 13.9. The zero-order chi connectivity index (χ0) is 27.9. The van der Waals surface area contributed by atoms with Gasteiger partial charge in [-0.25, -0.2) is 19.9 Å². The molecule has 6 heterocycles. The summed E-state index contributed by atoms with van der Waals surface area (Å²) in [5.74, 6) is 1.45. The van der Waals surface area contributed by atoms with E-state index in [9.17, 15) is 4.79 Å². The fraction of sp³-hybridized carbons (Fsp3) is 0.345. The van der Waals surface area contributed by atoms with E-state index in [1.807, 2.05) is 10.6 Å². The van der Waals surface area contributed by atoms with Crippen molar-refractivity contribution in [3.8, 4) is 0 Å². The molecule has 0 unspecified atom stereocenters. The van der Waals surface area contributed by atoms with Crippen molar-refractivity contribution < 1.29 is 4.79 Å². The van der Waals surface area contributed by atoms with E-state index in [1.54, 1.807) is 24.5 Å². The molecule has 1 aliphatic heterocycles. The molecule has 1 saturated carbocycles. The molecule has 11 nitrogen and oxygen atoms in total. The number of nitrogens with one attached hydrogen (secondary N) is 2. The molecule has 0 aromatic carbocycles. The fourth-order valence-electron chi connectivity index (χ4n) is 5.35. The number of likely N-dealkylation sites (N-methyl/N-ethyl adjacent to an activating group) is 1. The van der Waals surface area contributed by atoms with Crippen LogP contribution in [0.1, 0.15) is 35.7 Å². The Morgan fingerprint density at radius 1 is 1.02 bits per heavy atom. The van der Waals surface area contributed by atoms with Gasteiger partial charge in [-0.05, 0) is 49.6 Å². The number of piperazine rings is 1. The number of amides is 1. The van der Waals surface area contributed by atoms with Crippen LogP contribution in [0.5, 0.6) is 0 Å². The minimum atomic E-state index is -0.224. The van der Waals surface area contributed by atoms with Crippen LogP contribution in [-0.2, 0) is 17.8 Å². The van der Waals surface area contributed by atoms with Crippen LogP contribution < -0.4 is 15.5 Å². The Hall–Kier alpha value is -4.22. The number of aromatic nitrogens is 6.